The molecule has 28 heavy (non-hydrogen) atoms. The van der Waals surface area contributed by atoms with Crippen LogP contribution in [-0.2, 0) is 19.3 Å². The molecule has 4 nitrogen and oxygen atoms in total. The van der Waals surface area contributed by atoms with Gasteiger partial charge in [-0.3, -0.25) is 4.90 Å². The lowest BCUT2D eigenvalue weighted by molar-refractivity contribution is -0.137. The number of alkyl halides is 3. The van der Waals surface area contributed by atoms with Crippen molar-refractivity contribution in [2.45, 2.75) is 19.3 Å². The number of hydrogen-bond donors (Lipinski definition) is 0. The molecule has 2 heterocycles. The number of nitrogens with zero attached hydrogens (tertiary/aromatic N) is 3. The molecule has 0 saturated carbocycles. The van der Waals surface area contributed by atoms with E-state index < -0.39 is 17.6 Å². The normalized spacial score (nSPS) is 14.4. The zero-order valence-corrected chi connectivity index (χ0v) is 14.6. The fourth-order valence-electron chi connectivity index (χ4n) is 3.10. The predicted molar refractivity (Wildman–Crippen MR) is 93.6 cm³/mol. The standard InChI is InChI=1S/C20H15F4N3O/c21-17-9-15(20(22,23)24)3-4-16(17)13-2-5-18-14(8-13)10-27(12-28-18)11-19-25-6-1-7-26-19/h1-9H,10-12H2. The summed E-state index contributed by atoms with van der Waals surface area (Å²) < 4.78 is 58.3. The molecule has 3 aromatic rings. The van der Waals surface area contributed by atoms with Gasteiger partial charge in [0.05, 0.1) is 12.1 Å². The quantitative estimate of drug-likeness (QED) is 0.611. The van der Waals surface area contributed by atoms with Gasteiger partial charge < -0.3 is 4.74 Å². The molecule has 1 aromatic heterocycles. The largest absolute Gasteiger partial charge is 0.478 e. The van der Waals surface area contributed by atoms with Crippen LogP contribution in [0.15, 0.2) is 54.9 Å². The molecule has 1 aliphatic rings. The maximum absolute atomic E-state index is 14.3. The van der Waals surface area contributed by atoms with Gasteiger partial charge in [-0.15, -0.1) is 0 Å². The molecule has 0 spiro atoms. The van der Waals surface area contributed by atoms with Crippen molar-refractivity contribution >= 4 is 0 Å². The summed E-state index contributed by atoms with van der Waals surface area (Å²) in [5, 5.41) is 0. The Morgan fingerprint density at radius 1 is 1.04 bits per heavy atom. The number of benzene rings is 2. The molecular weight excluding hydrogens is 374 g/mol. The maximum atomic E-state index is 14.3. The molecule has 8 heteroatoms. The highest BCUT2D eigenvalue weighted by atomic mass is 19.4. The van der Waals surface area contributed by atoms with Gasteiger partial charge in [-0.1, -0.05) is 12.1 Å². The van der Waals surface area contributed by atoms with E-state index in [2.05, 4.69) is 9.97 Å². The number of aromatic nitrogens is 2. The van der Waals surface area contributed by atoms with Crippen LogP contribution in [0.3, 0.4) is 0 Å². The summed E-state index contributed by atoms with van der Waals surface area (Å²) in [5.41, 5.74) is 0.411. The lowest BCUT2D eigenvalue weighted by atomic mass is 9.99. The lowest BCUT2D eigenvalue weighted by Crippen LogP contribution is -2.32. The van der Waals surface area contributed by atoms with E-state index in [0.29, 0.717) is 43.0 Å². The average Bonchev–Trinajstić information content (AvgIpc) is 2.67. The molecule has 0 atom stereocenters. The van der Waals surface area contributed by atoms with Crippen LogP contribution in [0.2, 0.25) is 0 Å². The van der Waals surface area contributed by atoms with Gasteiger partial charge in [-0.25, -0.2) is 14.4 Å². The molecule has 1 aliphatic heterocycles. The van der Waals surface area contributed by atoms with E-state index in [1.165, 1.54) is 0 Å². The van der Waals surface area contributed by atoms with E-state index in [1.54, 1.807) is 36.7 Å². The van der Waals surface area contributed by atoms with Crippen LogP contribution >= 0.6 is 0 Å². The highest BCUT2D eigenvalue weighted by Crippen LogP contribution is 2.35. The minimum absolute atomic E-state index is 0.110. The van der Waals surface area contributed by atoms with E-state index in [0.717, 1.165) is 17.7 Å². The van der Waals surface area contributed by atoms with Gasteiger partial charge >= 0.3 is 6.18 Å². The summed E-state index contributed by atoms with van der Waals surface area (Å²) in [5.74, 6) is 0.404. The smallest absolute Gasteiger partial charge is 0.416 e. The Hall–Kier alpha value is -3.00. The van der Waals surface area contributed by atoms with Crippen LogP contribution in [0.25, 0.3) is 11.1 Å². The fraction of sp³-hybridized carbons (Fsp3) is 0.200. The number of halogens is 4. The van der Waals surface area contributed by atoms with Crippen LogP contribution in [-0.4, -0.2) is 21.6 Å². The number of hydrogen-bond acceptors (Lipinski definition) is 4. The first-order valence-corrected chi connectivity index (χ1v) is 8.51. The van der Waals surface area contributed by atoms with Crippen molar-refractivity contribution in [3.63, 3.8) is 0 Å². The third-order valence-corrected chi connectivity index (χ3v) is 4.45. The van der Waals surface area contributed by atoms with E-state index in [-0.39, 0.29) is 5.56 Å². The third-order valence-electron chi connectivity index (χ3n) is 4.45. The van der Waals surface area contributed by atoms with Gasteiger partial charge in [-0.05, 0) is 35.9 Å². The van der Waals surface area contributed by atoms with Gasteiger partial charge in [0, 0.05) is 30.1 Å². The Kier molecular flexibility index (Phi) is 4.72. The maximum Gasteiger partial charge on any atom is 0.416 e. The highest BCUT2D eigenvalue weighted by molar-refractivity contribution is 5.67. The zero-order chi connectivity index (χ0) is 19.7. The monoisotopic (exact) mass is 389 g/mol. The van der Waals surface area contributed by atoms with Crippen molar-refractivity contribution in [3.8, 4) is 16.9 Å². The van der Waals surface area contributed by atoms with Gasteiger partial charge in [0.1, 0.15) is 24.1 Å². The summed E-state index contributed by atoms with van der Waals surface area (Å²) >= 11 is 0. The molecule has 0 saturated heterocycles. The second-order valence-electron chi connectivity index (χ2n) is 6.44. The Morgan fingerprint density at radius 3 is 2.54 bits per heavy atom. The minimum Gasteiger partial charge on any atom is -0.478 e. The first-order chi connectivity index (χ1) is 13.4. The van der Waals surface area contributed by atoms with E-state index >= 15 is 0 Å². The number of fused-ring (bicyclic) bond motifs is 1. The second kappa shape index (κ2) is 7.20. The average molecular weight is 389 g/mol. The van der Waals surface area contributed by atoms with Crippen LogP contribution in [0.1, 0.15) is 17.0 Å². The Balaban J connectivity index is 1.58. The SMILES string of the molecule is Fc1cc(C(F)(F)F)ccc1-c1ccc2c(c1)CN(Cc1ncccn1)CO2. The molecule has 0 fully saturated rings. The van der Waals surface area contributed by atoms with Crippen molar-refractivity contribution in [1.29, 1.82) is 0 Å². The molecule has 0 bridgehead atoms. The van der Waals surface area contributed by atoms with Crippen molar-refractivity contribution < 1.29 is 22.3 Å². The molecule has 0 N–H and O–H groups in total. The Bertz CT molecular complexity index is 992. The molecule has 2 aromatic carbocycles. The topological polar surface area (TPSA) is 38.2 Å². The van der Waals surface area contributed by atoms with E-state index in [9.17, 15) is 17.6 Å². The Labute approximate surface area is 158 Å². The summed E-state index contributed by atoms with van der Waals surface area (Å²) in [6, 6.07) is 9.37. The fourth-order valence-corrected chi connectivity index (χ4v) is 3.10. The van der Waals surface area contributed by atoms with Gasteiger partial charge in [0.25, 0.3) is 0 Å². The van der Waals surface area contributed by atoms with Crippen molar-refractivity contribution in [2.75, 3.05) is 6.73 Å². The highest BCUT2D eigenvalue weighted by Gasteiger charge is 2.31. The third kappa shape index (κ3) is 3.82. The molecule has 0 aliphatic carbocycles. The summed E-state index contributed by atoms with van der Waals surface area (Å²) in [7, 11) is 0. The van der Waals surface area contributed by atoms with Crippen molar-refractivity contribution in [3.05, 3.63) is 77.6 Å². The first-order valence-electron chi connectivity index (χ1n) is 8.51. The zero-order valence-electron chi connectivity index (χ0n) is 14.6. The van der Waals surface area contributed by atoms with Crippen molar-refractivity contribution in [1.82, 2.24) is 14.9 Å². The van der Waals surface area contributed by atoms with Crippen LogP contribution in [0, 0.1) is 5.82 Å². The summed E-state index contributed by atoms with van der Waals surface area (Å²) in [6.45, 7) is 1.38. The number of ether oxygens (including phenoxy) is 1. The molecule has 144 valence electrons. The molecule has 0 unspecified atom stereocenters. The Morgan fingerprint density at radius 2 is 1.82 bits per heavy atom. The van der Waals surface area contributed by atoms with E-state index in [4.69, 9.17) is 4.74 Å². The van der Waals surface area contributed by atoms with Crippen molar-refractivity contribution in [2.24, 2.45) is 0 Å². The molecule has 0 radical (unpaired) electrons. The predicted octanol–water partition coefficient (Wildman–Crippen LogP) is 4.65. The van der Waals surface area contributed by atoms with E-state index in [1.807, 2.05) is 4.90 Å². The second-order valence-corrected chi connectivity index (χ2v) is 6.44. The van der Waals surface area contributed by atoms with Crippen LogP contribution < -0.4 is 4.74 Å². The van der Waals surface area contributed by atoms with Crippen LogP contribution in [0.5, 0.6) is 5.75 Å². The lowest BCUT2D eigenvalue weighted by Gasteiger charge is -2.28. The van der Waals surface area contributed by atoms with Gasteiger partial charge in [0.2, 0.25) is 0 Å². The summed E-state index contributed by atoms with van der Waals surface area (Å²) in [6.07, 6.45) is -1.26. The number of rotatable bonds is 3. The molecule has 4 rings (SSSR count). The summed E-state index contributed by atoms with van der Waals surface area (Å²) in [4.78, 5) is 10.3. The van der Waals surface area contributed by atoms with Gasteiger partial charge in [-0.2, -0.15) is 13.2 Å². The first kappa shape index (κ1) is 18.4. The molecule has 0 amide bonds. The van der Waals surface area contributed by atoms with Gasteiger partial charge in [0.15, 0.2) is 0 Å². The van der Waals surface area contributed by atoms with Crippen LogP contribution in [0.4, 0.5) is 17.6 Å². The molecular formula is C20H15F4N3O. The minimum atomic E-state index is -4.58.